The predicted molar refractivity (Wildman–Crippen MR) is 83.9 cm³/mol. The number of carbonyl (C=O) groups is 2. The van der Waals surface area contributed by atoms with Gasteiger partial charge in [-0.05, 0) is 25.0 Å². The van der Waals surface area contributed by atoms with Crippen molar-refractivity contribution in [1.29, 1.82) is 0 Å². The van der Waals surface area contributed by atoms with Gasteiger partial charge in [0.1, 0.15) is 18.0 Å². The van der Waals surface area contributed by atoms with Crippen molar-refractivity contribution in [2.24, 2.45) is 0 Å². The zero-order valence-electron chi connectivity index (χ0n) is 13.4. The predicted octanol–water partition coefficient (Wildman–Crippen LogP) is 0.563. The lowest BCUT2D eigenvalue weighted by molar-refractivity contribution is -0.247. The molecule has 0 aromatic carbocycles. The Kier molecular flexibility index (Phi) is 7.11. The molecule has 8 heteroatoms. The summed E-state index contributed by atoms with van der Waals surface area (Å²) < 4.78 is 0. The van der Waals surface area contributed by atoms with Crippen LogP contribution in [0.2, 0.25) is 0 Å². The molecule has 0 aliphatic carbocycles. The number of nitrogens with zero attached hydrogens (tertiary/aromatic N) is 3. The first-order chi connectivity index (χ1) is 10.9. The van der Waals surface area contributed by atoms with Crippen LogP contribution in [0.3, 0.4) is 0 Å². The van der Waals surface area contributed by atoms with Crippen LogP contribution in [-0.2, 0) is 0 Å². The van der Waals surface area contributed by atoms with Crippen molar-refractivity contribution in [3.8, 4) is 0 Å². The van der Waals surface area contributed by atoms with Crippen LogP contribution in [0.25, 0.3) is 0 Å². The molecule has 1 rings (SSSR count). The fourth-order valence-electron chi connectivity index (χ4n) is 2.03. The standard InChI is InChI=1S/C15H24N4O4/c1-3-5-9-18(14(20)21)12-8-7-11(16)13(17-12)19(15(22)23)10-6-4-2/h7-8H,3-6,9-10,16H2,1-2H3,(H,20,21)(H,22,23)/p-2. The van der Waals surface area contributed by atoms with Gasteiger partial charge in [-0.1, -0.05) is 26.7 Å². The lowest BCUT2D eigenvalue weighted by atomic mass is 10.3. The second kappa shape index (κ2) is 8.82. The van der Waals surface area contributed by atoms with Crippen LogP contribution in [0, 0.1) is 0 Å². The van der Waals surface area contributed by atoms with Crippen LogP contribution in [0.15, 0.2) is 12.1 Å². The number of carboxylic acid groups (broad SMARTS) is 2. The molecular formula is C15H22N4O4-2. The number of amides is 2. The molecule has 1 heterocycles. The van der Waals surface area contributed by atoms with Crippen molar-refractivity contribution < 1.29 is 19.8 Å². The van der Waals surface area contributed by atoms with Gasteiger partial charge in [0.2, 0.25) is 0 Å². The molecule has 8 nitrogen and oxygen atoms in total. The number of nitrogens with two attached hydrogens (primary N) is 1. The Bertz CT molecular complexity index is 550. The zero-order chi connectivity index (χ0) is 17.4. The van der Waals surface area contributed by atoms with Crippen molar-refractivity contribution in [3.63, 3.8) is 0 Å². The summed E-state index contributed by atoms with van der Waals surface area (Å²) in [6.45, 7) is 4.25. The third-order valence-corrected chi connectivity index (χ3v) is 3.33. The van der Waals surface area contributed by atoms with Crippen LogP contribution >= 0.6 is 0 Å². The topological polar surface area (TPSA) is 126 Å². The molecule has 1 aromatic rings. The van der Waals surface area contributed by atoms with E-state index in [4.69, 9.17) is 5.73 Å². The third-order valence-electron chi connectivity index (χ3n) is 3.33. The van der Waals surface area contributed by atoms with Crippen molar-refractivity contribution in [3.05, 3.63) is 12.1 Å². The monoisotopic (exact) mass is 322 g/mol. The number of hydrogen-bond acceptors (Lipinski definition) is 6. The number of pyridine rings is 1. The summed E-state index contributed by atoms with van der Waals surface area (Å²) >= 11 is 0. The smallest absolute Gasteiger partial charge is 0.159 e. The number of rotatable bonds is 8. The molecule has 0 aliphatic rings. The Balaban J connectivity index is 3.17. The maximum atomic E-state index is 11.3. The van der Waals surface area contributed by atoms with E-state index in [1.807, 2.05) is 13.8 Å². The van der Waals surface area contributed by atoms with Gasteiger partial charge in [-0.15, -0.1) is 0 Å². The molecule has 0 unspecified atom stereocenters. The van der Waals surface area contributed by atoms with Gasteiger partial charge in [0.05, 0.1) is 5.69 Å². The fourth-order valence-corrected chi connectivity index (χ4v) is 2.03. The number of aromatic nitrogens is 1. The van der Waals surface area contributed by atoms with Crippen molar-refractivity contribution in [1.82, 2.24) is 4.98 Å². The van der Waals surface area contributed by atoms with E-state index in [0.29, 0.717) is 12.8 Å². The maximum absolute atomic E-state index is 11.3. The summed E-state index contributed by atoms with van der Waals surface area (Å²) in [6.07, 6.45) is 0.00573. The molecule has 1 aromatic heterocycles. The first-order valence-electron chi connectivity index (χ1n) is 7.65. The lowest BCUT2D eigenvalue weighted by Gasteiger charge is -2.28. The first-order valence-corrected chi connectivity index (χ1v) is 7.65. The minimum Gasteiger partial charge on any atom is -0.530 e. The Morgan fingerprint density at radius 2 is 1.57 bits per heavy atom. The van der Waals surface area contributed by atoms with Gasteiger partial charge in [0, 0.05) is 13.1 Å². The van der Waals surface area contributed by atoms with Crippen LogP contribution in [0.4, 0.5) is 26.9 Å². The average molecular weight is 322 g/mol. The highest BCUT2D eigenvalue weighted by Gasteiger charge is 2.16. The molecule has 23 heavy (non-hydrogen) atoms. The van der Waals surface area contributed by atoms with Gasteiger partial charge >= 0.3 is 0 Å². The van der Waals surface area contributed by atoms with E-state index in [0.717, 1.165) is 22.6 Å². The molecule has 0 spiro atoms. The summed E-state index contributed by atoms with van der Waals surface area (Å²) in [4.78, 5) is 28.6. The van der Waals surface area contributed by atoms with E-state index in [9.17, 15) is 19.8 Å². The summed E-state index contributed by atoms with van der Waals surface area (Å²) in [6, 6.07) is 2.86. The molecule has 128 valence electrons. The minimum atomic E-state index is -1.43. The van der Waals surface area contributed by atoms with Gasteiger partial charge < -0.3 is 35.3 Å². The van der Waals surface area contributed by atoms with Crippen LogP contribution < -0.4 is 25.7 Å². The van der Waals surface area contributed by atoms with E-state index in [2.05, 4.69) is 4.98 Å². The molecule has 0 saturated carbocycles. The molecule has 0 fully saturated rings. The number of nitrogen functional groups attached to an aromatic ring is 1. The summed E-state index contributed by atoms with van der Waals surface area (Å²) in [5, 5.41) is 22.6. The van der Waals surface area contributed by atoms with E-state index in [1.54, 1.807) is 0 Å². The quantitative estimate of drug-likeness (QED) is 0.745. The highest BCUT2D eigenvalue weighted by atomic mass is 16.4. The van der Waals surface area contributed by atoms with Crippen LogP contribution in [-0.4, -0.2) is 30.3 Å². The van der Waals surface area contributed by atoms with Crippen molar-refractivity contribution in [2.45, 2.75) is 39.5 Å². The van der Waals surface area contributed by atoms with Gasteiger partial charge in [-0.25, -0.2) is 4.98 Å². The van der Waals surface area contributed by atoms with Gasteiger partial charge in [0.25, 0.3) is 0 Å². The Labute approximate surface area is 135 Å². The molecule has 0 atom stereocenters. The Morgan fingerprint density at radius 3 is 2.04 bits per heavy atom. The molecule has 0 saturated heterocycles. The van der Waals surface area contributed by atoms with E-state index in [1.165, 1.54) is 12.1 Å². The minimum absolute atomic E-state index is 0.0151. The second-order valence-corrected chi connectivity index (χ2v) is 5.12. The van der Waals surface area contributed by atoms with Crippen molar-refractivity contribution >= 4 is 29.5 Å². The normalized spacial score (nSPS) is 10.3. The number of unbranched alkanes of at least 4 members (excludes halogenated alkanes) is 2. The zero-order valence-corrected chi connectivity index (χ0v) is 13.4. The first kappa shape index (κ1) is 18.5. The molecule has 0 aliphatic heterocycles. The van der Waals surface area contributed by atoms with Gasteiger partial charge in [-0.3, -0.25) is 0 Å². The highest BCUT2D eigenvalue weighted by molar-refractivity contribution is 5.89. The van der Waals surface area contributed by atoms with E-state index >= 15 is 0 Å². The lowest BCUT2D eigenvalue weighted by Crippen LogP contribution is -2.44. The van der Waals surface area contributed by atoms with Crippen LogP contribution in [0.5, 0.6) is 0 Å². The number of hydrogen-bond donors (Lipinski definition) is 1. The molecule has 0 radical (unpaired) electrons. The average Bonchev–Trinajstić information content (AvgIpc) is 2.50. The summed E-state index contributed by atoms with van der Waals surface area (Å²) in [5.74, 6) is 0.0732. The largest absolute Gasteiger partial charge is 0.530 e. The van der Waals surface area contributed by atoms with Crippen molar-refractivity contribution in [2.75, 3.05) is 28.6 Å². The molecular weight excluding hydrogens is 300 g/mol. The third kappa shape index (κ3) is 5.01. The second-order valence-electron chi connectivity index (χ2n) is 5.12. The van der Waals surface area contributed by atoms with E-state index < -0.39 is 12.2 Å². The van der Waals surface area contributed by atoms with E-state index in [-0.39, 0.29) is 30.4 Å². The Morgan fingerprint density at radius 1 is 1.04 bits per heavy atom. The Hall–Kier alpha value is -2.51. The van der Waals surface area contributed by atoms with Gasteiger partial charge in [-0.2, -0.15) is 0 Å². The summed E-state index contributed by atoms with van der Waals surface area (Å²) in [5.41, 5.74) is 5.94. The molecule has 0 bridgehead atoms. The maximum Gasteiger partial charge on any atom is 0.159 e. The van der Waals surface area contributed by atoms with Gasteiger partial charge in [0.15, 0.2) is 5.82 Å². The summed E-state index contributed by atoms with van der Waals surface area (Å²) in [7, 11) is 0. The SMILES string of the molecule is CCCCN(C(=O)[O-])c1ccc(N)c(N(CCCC)C(=O)[O-])n1. The number of carbonyl (C=O) groups excluding carboxylic acids is 2. The molecule has 2 N–H and O–H groups in total. The van der Waals surface area contributed by atoms with Crippen LogP contribution in [0.1, 0.15) is 39.5 Å². The fraction of sp³-hybridized carbons (Fsp3) is 0.533. The highest BCUT2D eigenvalue weighted by Crippen LogP contribution is 2.25. The number of anilines is 3. The molecule has 2 amide bonds.